The van der Waals surface area contributed by atoms with E-state index in [4.69, 9.17) is 4.74 Å². The summed E-state index contributed by atoms with van der Waals surface area (Å²) in [6, 6.07) is 16.9. The molecule has 0 aliphatic rings. The Morgan fingerprint density at radius 2 is 1.73 bits per heavy atom. The Bertz CT molecular complexity index is 851. The second kappa shape index (κ2) is 8.09. The van der Waals surface area contributed by atoms with Crippen LogP contribution in [0.2, 0.25) is 0 Å². The quantitative estimate of drug-likeness (QED) is 0.581. The number of rotatable bonds is 6. The molecule has 2 aromatic carbocycles. The number of benzene rings is 2. The molecule has 136 valence electrons. The summed E-state index contributed by atoms with van der Waals surface area (Å²) in [7, 11) is 0. The van der Waals surface area contributed by atoms with Crippen LogP contribution >= 0.6 is 11.8 Å². The Hall–Kier alpha value is -2.07. The maximum Gasteiger partial charge on any atom is 0.224 e. The fraction of sp³-hybridized carbons (Fsp3) is 0.364. The van der Waals surface area contributed by atoms with Crippen molar-refractivity contribution in [1.82, 2.24) is 9.97 Å². The van der Waals surface area contributed by atoms with Gasteiger partial charge in [-0.25, -0.2) is 9.97 Å². The predicted octanol–water partition coefficient (Wildman–Crippen LogP) is 5.45. The average Bonchev–Trinajstić information content (AvgIpc) is 2.64. The van der Waals surface area contributed by atoms with Crippen molar-refractivity contribution in [1.29, 1.82) is 0 Å². The summed E-state index contributed by atoms with van der Waals surface area (Å²) in [6.07, 6.45) is 3.70. The minimum absolute atomic E-state index is 0.171. The molecule has 3 rings (SSSR count). The number of fused-ring (bicyclic) bond motifs is 1. The lowest BCUT2D eigenvalue weighted by Gasteiger charge is -2.21. The molecular weight excluding hydrogens is 340 g/mol. The summed E-state index contributed by atoms with van der Waals surface area (Å²) in [6.45, 7) is 7.33. The van der Waals surface area contributed by atoms with Crippen molar-refractivity contribution in [3.63, 3.8) is 0 Å². The summed E-state index contributed by atoms with van der Waals surface area (Å²) < 4.78 is 6.12. The number of hydrogen-bond donors (Lipinski definition) is 0. The smallest absolute Gasteiger partial charge is 0.224 e. The van der Waals surface area contributed by atoms with Crippen LogP contribution in [0.15, 0.2) is 54.9 Å². The number of nitrogens with zero attached hydrogens (tertiary/aromatic N) is 2. The second-order valence-electron chi connectivity index (χ2n) is 7.53. The summed E-state index contributed by atoms with van der Waals surface area (Å²) in [4.78, 5) is 8.64. The van der Waals surface area contributed by atoms with Crippen LogP contribution in [0.3, 0.4) is 0 Å². The Morgan fingerprint density at radius 3 is 2.42 bits per heavy atom. The molecule has 0 amide bonds. The van der Waals surface area contributed by atoms with Gasteiger partial charge >= 0.3 is 0 Å². The highest BCUT2D eigenvalue weighted by Gasteiger charge is 2.17. The lowest BCUT2D eigenvalue weighted by atomic mass is 9.86. The van der Waals surface area contributed by atoms with Gasteiger partial charge in [0.15, 0.2) is 0 Å². The third-order valence-electron chi connectivity index (χ3n) is 4.54. The van der Waals surface area contributed by atoms with E-state index in [1.54, 1.807) is 6.33 Å². The van der Waals surface area contributed by atoms with Crippen LogP contribution in [0.1, 0.15) is 37.8 Å². The number of ether oxygens (including phenoxy) is 1. The first kappa shape index (κ1) is 18.7. The van der Waals surface area contributed by atoms with Crippen LogP contribution in [-0.2, 0) is 5.41 Å². The van der Waals surface area contributed by atoms with E-state index >= 15 is 0 Å². The van der Waals surface area contributed by atoms with E-state index < -0.39 is 0 Å². The van der Waals surface area contributed by atoms with Crippen molar-refractivity contribution >= 4 is 22.7 Å². The van der Waals surface area contributed by atoms with Crippen LogP contribution in [0, 0.1) is 0 Å². The summed E-state index contributed by atoms with van der Waals surface area (Å²) in [5.74, 6) is 2.00. The zero-order valence-corrected chi connectivity index (χ0v) is 16.7. The van der Waals surface area contributed by atoms with Crippen LogP contribution in [0.4, 0.5) is 0 Å². The largest absolute Gasteiger partial charge is 0.476 e. The Labute approximate surface area is 160 Å². The van der Waals surface area contributed by atoms with Crippen molar-refractivity contribution in [3.05, 3.63) is 66.0 Å². The van der Waals surface area contributed by atoms with Gasteiger partial charge in [-0.3, -0.25) is 0 Å². The van der Waals surface area contributed by atoms with Gasteiger partial charge in [0.1, 0.15) is 6.33 Å². The first-order valence-corrected chi connectivity index (χ1v) is 10.3. The van der Waals surface area contributed by atoms with Crippen molar-refractivity contribution in [3.8, 4) is 5.88 Å². The van der Waals surface area contributed by atoms with E-state index in [1.165, 1.54) is 11.1 Å². The molecule has 0 fully saturated rings. The molecule has 1 unspecified atom stereocenters. The normalized spacial score (nSPS) is 12.9. The molecule has 0 aliphatic heterocycles. The zero-order chi connectivity index (χ0) is 18.6. The van der Waals surface area contributed by atoms with E-state index in [1.807, 2.05) is 36.0 Å². The molecule has 0 N–H and O–H groups in total. The number of aromatic nitrogens is 2. The summed E-state index contributed by atoms with van der Waals surface area (Å²) in [5.41, 5.74) is 3.75. The first-order chi connectivity index (χ1) is 12.5. The summed E-state index contributed by atoms with van der Waals surface area (Å²) in [5, 5.41) is 0.959. The van der Waals surface area contributed by atoms with Gasteiger partial charge < -0.3 is 4.74 Å². The third kappa shape index (κ3) is 4.36. The van der Waals surface area contributed by atoms with Crippen LogP contribution < -0.4 is 4.74 Å². The Kier molecular flexibility index (Phi) is 5.82. The molecule has 4 heteroatoms. The zero-order valence-electron chi connectivity index (χ0n) is 15.9. The molecule has 0 aliphatic carbocycles. The van der Waals surface area contributed by atoms with E-state index in [0.717, 1.165) is 16.7 Å². The van der Waals surface area contributed by atoms with Gasteiger partial charge in [-0.2, -0.15) is 11.8 Å². The predicted molar refractivity (Wildman–Crippen MR) is 111 cm³/mol. The van der Waals surface area contributed by atoms with Crippen molar-refractivity contribution < 1.29 is 4.74 Å². The van der Waals surface area contributed by atoms with Gasteiger partial charge in [-0.15, -0.1) is 0 Å². The molecule has 0 saturated carbocycles. The van der Waals surface area contributed by atoms with Crippen LogP contribution in [0.5, 0.6) is 5.88 Å². The SMILES string of the molecule is CSCC(COc1ncnc2ccccc12)c1ccc(C(C)(C)C)cc1. The maximum absolute atomic E-state index is 6.12. The van der Waals surface area contributed by atoms with Gasteiger partial charge in [-0.05, 0) is 34.9 Å². The first-order valence-electron chi connectivity index (χ1n) is 8.91. The lowest BCUT2D eigenvalue weighted by molar-refractivity contribution is 0.290. The molecule has 0 saturated heterocycles. The van der Waals surface area contributed by atoms with Gasteiger partial charge in [-0.1, -0.05) is 57.2 Å². The monoisotopic (exact) mass is 366 g/mol. The molecular formula is C22H26N2OS. The standard InChI is InChI=1S/C22H26N2OS/c1-22(2,3)18-11-9-16(10-12-18)17(14-26-4)13-25-21-19-7-5-6-8-20(19)23-15-24-21/h5-12,15,17H,13-14H2,1-4H3. The second-order valence-corrected chi connectivity index (χ2v) is 8.44. The summed E-state index contributed by atoms with van der Waals surface area (Å²) >= 11 is 1.84. The topological polar surface area (TPSA) is 35.0 Å². The molecule has 1 heterocycles. The highest BCUT2D eigenvalue weighted by molar-refractivity contribution is 7.98. The maximum atomic E-state index is 6.12. The molecule has 3 aromatic rings. The van der Waals surface area contributed by atoms with Crippen molar-refractivity contribution in [2.75, 3.05) is 18.6 Å². The van der Waals surface area contributed by atoms with Gasteiger partial charge in [0.05, 0.1) is 17.5 Å². The Balaban J connectivity index is 1.78. The van der Waals surface area contributed by atoms with E-state index in [2.05, 4.69) is 61.3 Å². The fourth-order valence-electron chi connectivity index (χ4n) is 2.97. The van der Waals surface area contributed by atoms with Gasteiger partial charge in [0.2, 0.25) is 5.88 Å². The molecule has 0 radical (unpaired) electrons. The van der Waals surface area contributed by atoms with E-state index in [9.17, 15) is 0 Å². The minimum Gasteiger partial charge on any atom is -0.476 e. The highest BCUT2D eigenvalue weighted by atomic mass is 32.2. The van der Waals surface area contributed by atoms with E-state index in [0.29, 0.717) is 18.4 Å². The highest BCUT2D eigenvalue weighted by Crippen LogP contribution is 2.27. The third-order valence-corrected chi connectivity index (χ3v) is 5.28. The van der Waals surface area contributed by atoms with Gasteiger partial charge in [0.25, 0.3) is 0 Å². The van der Waals surface area contributed by atoms with Crippen LogP contribution in [0.25, 0.3) is 10.9 Å². The Morgan fingerprint density at radius 1 is 1.00 bits per heavy atom. The number of para-hydroxylation sites is 1. The molecule has 0 bridgehead atoms. The fourth-order valence-corrected chi connectivity index (χ4v) is 3.66. The van der Waals surface area contributed by atoms with Crippen molar-refractivity contribution in [2.45, 2.75) is 32.1 Å². The molecule has 26 heavy (non-hydrogen) atoms. The average molecular weight is 367 g/mol. The van der Waals surface area contributed by atoms with Gasteiger partial charge in [0, 0.05) is 11.7 Å². The van der Waals surface area contributed by atoms with Crippen molar-refractivity contribution in [2.24, 2.45) is 0 Å². The number of hydrogen-bond acceptors (Lipinski definition) is 4. The molecule has 1 aromatic heterocycles. The lowest BCUT2D eigenvalue weighted by Crippen LogP contribution is -2.15. The molecule has 3 nitrogen and oxygen atoms in total. The molecule has 1 atom stereocenters. The van der Waals surface area contributed by atoms with Crippen LogP contribution in [-0.4, -0.2) is 28.6 Å². The number of thioether (sulfide) groups is 1. The van der Waals surface area contributed by atoms with E-state index in [-0.39, 0.29) is 5.41 Å². The minimum atomic E-state index is 0.171. The molecule has 0 spiro atoms.